The van der Waals surface area contributed by atoms with Crippen LogP contribution in [0.25, 0.3) is 21.5 Å². The third kappa shape index (κ3) is 6.33. The van der Waals surface area contributed by atoms with E-state index in [1.54, 1.807) is 11.3 Å². The van der Waals surface area contributed by atoms with Gasteiger partial charge in [0.15, 0.2) is 0 Å². The van der Waals surface area contributed by atoms with Gasteiger partial charge in [0.25, 0.3) is 5.91 Å². The summed E-state index contributed by atoms with van der Waals surface area (Å²) < 4.78 is 0. The molecule has 2 aromatic heterocycles. The molecule has 1 saturated carbocycles. The van der Waals surface area contributed by atoms with Gasteiger partial charge in [0.2, 0.25) is 0 Å². The Labute approximate surface area is 252 Å². The number of piperazine rings is 1. The number of hydrogen-bond donors (Lipinski definition) is 2. The first kappa shape index (κ1) is 29.1. The van der Waals surface area contributed by atoms with Crippen molar-refractivity contribution in [2.75, 3.05) is 39.3 Å². The number of carbonyl (C=O) groups is 2. The molecule has 2 saturated heterocycles. The third-order valence-electron chi connectivity index (χ3n) is 9.45. The van der Waals surface area contributed by atoms with Crippen LogP contribution in [0.3, 0.4) is 0 Å². The summed E-state index contributed by atoms with van der Waals surface area (Å²) in [5.74, 6) is 0.505. The van der Waals surface area contributed by atoms with Gasteiger partial charge in [-0.3, -0.25) is 9.69 Å². The van der Waals surface area contributed by atoms with Crippen LogP contribution < -0.4 is 5.32 Å². The van der Waals surface area contributed by atoms with Gasteiger partial charge in [-0.05, 0) is 56.0 Å². The Bertz CT molecular complexity index is 1370. The number of carbonyl (C=O) groups excluding carboxylic acids is 2. The second-order valence-corrected chi connectivity index (χ2v) is 13.2. The lowest BCUT2D eigenvalue weighted by atomic mass is 9.84. The number of hydrogen-bond acceptors (Lipinski definition) is 6. The lowest BCUT2D eigenvalue weighted by molar-refractivity contribution is 0.0701. The minimum Gasteiger partial charge on any atom is -0.393 e. The zero-order chi connectivity index (χ0) is 29.1. The highest BCUT2D eigenvalue weighted by atomic mass is 32.1. The van der Waals surface area contributed by atoms with Gasteiger partial charge < -0.3 is 20.2 Å². The number of pyridine rings is 1. The molecule has 0 radical (unpaired) electrons. The van der Waals surface area contributed by atoms with Crippen molar-refractivity contribution in [3.8, 4) is 10.6 Å². The minimum absolute atomic E-state index is 0.0134. The summed E-state index contributed by atoms with van der Waals surface area (Å²) in [7, 11) is 0. The predicted molar refractivity (Wildman–Crippen MR) is 168 cm³/mol. The summed E-state index contributed by atoms with van der Waals surface area (Å²) in [5.41, 5.74) is 3.41. The van der Waals surface area contributed by atoms with Crippen LogP contribution in [-0.2, 0) is 6.54 Å². The number of piperidine rings is 1. The minimum atomic E-state index is -0.295. The number of para-hydroxylation sites is 1. The number of urea groups is 1. The van der Waals surface area contributed by atoms with Crippen molar-refractivity contribution >= 4 is 34.2 Å². The van der Waals surface area contributed by atoms with E-state index in [-0.39, 0.29) is 24.1 Å². The number of nitrogens with one attached hydrogen (secondary N) is 1. The first-order valence-electron chi connectivity index (χ1n) is 15.7. The van der Waals surface area contributed by atoms with Gasteiger partial charge in [-0.25, -0.2) is 9.78 Å². The number of aliphatic hydroxyl groups is 1. The molecule has 1 atom stereocenters. The molecule has 42 heavy (non-hydrogen) atoms. The zero-order valence-corrected chi connectivity index (χ0v) is 25.5. The molecule has 224 valence electrons. The quantitative estimate of drug-likeness (QED) is 0.404. The van der Waals surface area contributed by atoms with Gasteiger partial charge in [0.05, 0.1) is 27.8 Å². The Hall–Kier alpha value is -3.01. The van der Waals surface area contributed by atoms with Gasteiger partial charge in [-0.15, -0.1) is 11.3 Å². The number of aromatic nitrogens is 1. The van der Waals surface area contributed by atoms with Crippen molar-refractivity contribution in [3.05, 3.63) is 52.9 Å². The Morgan fingerprint density at radius 3 is 2.38 bits per heavy atom. The predicted octanol–water partition coefficient (Wildman–Crippen LogP) is 5.36. The van der Waals surface area contributed by atoms with Crippen molar-refractivity contribution < 1.29 is 14.7 Å². The van der Waals surface area contributed by atoms with Crippen LogP contribution in [0.5, 0.6) is 0 Å². The van der Waals surface area contributed by atoms with Crippen LogP contribution in [0.1, 0.15) is 67.8 Å². The second-order valence-electron chi connectivity index (χ2n) is 12.2. The third-order valence-corrected chi connectivity index (χ3v) is 10.3. The highest BCUT2D eigenvalue weighted by molar-refractivity contribution is 7.13. The molecular weight excluding hydrogens is 546 g/mol. The van der Waals surface area contributed by atoms with E-state index in [9.17, 15) is 14.7 Å². The fraction of sp³-hybridized carbons (Fsp3) is 0.545. The molecule has 3 aromatic rings. The van der Waals surface area contributed by atoms with Gasteiger partial charge in [-0.2, -0.15) is 0 Å². The van der Waals surface area contributed by atoms with E-state index in [2.05, 4.69) is 28.6 Å². The van der Waals surface area contributed by atoms with Gasteiger partial charge in [-0.1, -0.05) is 43.5 Å². The molecule has 0 spiro atoms. The maximum atomic E-state index is 14.2. The molecular formula is C33H43N5O3S. The lowest BCUT2D eigenvalue weighted by Crippen LogP contribution is -2.54. The van der Waals surface area contributed by atoms with Crippen LogP contribution >= 0.6 is 11.3 Å². The molecule has 1 aromatic carbocycles. The van der Waals surface area contributed by atoms with Crippen LogP contribution in [0.15, 0.2) is 41.8 Å². The monoisotopic (exact) mass is 589 g/mol. The fourth-order valence-corrected chi connectivity index (χ4v) is 7.63. The number of thiophene rings is 1. The van der Waals surface area contributed by atoms with E-state index in [1.165, 1.54) is 32.1 Å². The number of nitrogens with zero attached hydrogens (tertiary/aromatic N) is 4. The number of rotatable bonds is 6. The van der Waals surface area contributed by atoms with Gasteiger partial charge in [0.1, 0.15) is 0 Å². The summed E-state index contributed by atoms with van der Waals surface area (Å²) in [6.45, 7) is 6.76. The Balaban J connectivity index is 1.26. The summed E-state index contributed by atoms with van der Waals surface area (Å²) in [5, 5.41) is 16.2. The smallest absolute Gasteiger partial charge is 0.320 e. The first-order chi connectivity index (χ1) is 20.5. The van der Waals surface area contributed by atoms with Crippen molar-refractivity contribution in [1.29, 1.82) is 0 Å². The highest BCUT2D eigenvalue weighted by Gasteiger charge is 2.31. The fourth-order valence-electron chi connectivity index (χ4n) is 6.89. The standard InChI is InChI=1S/C33H43N5O3S/c1-23(24-8-3-2-4-9-24)34-32(40)30-26-10-5-6-11-28(26)35-31(29-12-7-21-42-29)27(30)22-36-17-19-38(20-18-36)33(41)37-15-13-25(39)14-16-37/h5-7,10-12,21,23-25,39H,2-4,8-9,13-20,22H2,1H3,(H,34,40)/t23-/m0/s1. The van der Waals surface area contributed by atoms with Gasteiger partial charge in [0, 0.05) is 62.8 Å². The largest absolute Gasteiger partial charge is 0.393 e. The molecule has 1 aliphatic carbocycles. The number of amides is 3. The second kappa shape index (κ2) is 13.1. The van der Waals surface area contributed by atoms with Crippen LogP contribution in [0.4, 0.5) is 4.79 Å². The van der Waals surface area contributed by atoms with Crippen molar-refractivity contribution in [3.63, 3.8) is 0 Å². The summed E-state index contributed by atoms with van der Waals surface area (Å²) in [4.78, 5) is 39.7. The van der Waals surface area contributed by atoms with E-state index < -0.39 is 0 Å². The Morgan fingerprint density at radius 2 is 1.67 bits per heavy atom. The van der Waals surface area contributed by atoms with E-state index in [0.717, 1.165) is 45.7 Å². The molecule has 0 bridgehead atoms. The molecule has 4 heterocycles. The van der Waals surface area contributed by atoms with E-state index in [0.29, 0.717) is 51.5 Å². The van der Waals surface area contributed by atoms with Crippen LogP contribution in [0, 0.1) is 5.92 Å². The lowest BCUT2D eigenvalue weighted by Gasteiger charge is -2.39. The van der Waals surface area contributed by atoms with E-state index >= 15 is 0 Å². The zero-order valence-electron chi connectivity index (χ0n) is 24.6. The summed E-state index contributed by atoms with van der Waals surface area (Å²) in [6, 6.07) is 12.3. The number of likely N-dealkylation sites (tertiary alicyclic amines) is 1. The van der Waals surface area contributed by atoms with Crippen LogP contribution in [0.2, 0.25) is 0 Å². The number of fused-ring (bicyclic) bond motifs is 1. The molecule has 6 rings (SSSR count). The molecule has 3 amide bonds. The van der Waals surface area contributed by atoms with E-state index in [4.69, 9.17) is 4.98 Å². The van der Waals surface area contributed by atoms with E-state index in [1.807, 2.05) is 40.1 Å². The van der Waals surface area contributed by atoms with Crippen molar-refractivity contribution in [2.24, 2.45) is 5.92 Å². The van der Waals surface area contributed by atoms with Crippen LogP contribution in [-0.4, -0.2) is 88.1 Å². The van der Waals surface area contributed by atoms with Gasteiger partial charge >= 0.3 is 6.03 Å². The highest BCUT2D eigenvalue weighted by Crippen LogP contribution is 2.34. The molecule has 3 fully saturated rings. The van der Waals surface area contributed by atoms with Crippen molar-refractivity contribution in [1.82, 2.24) is 25.0 Å². The molecule has 2 N–H and O–H groups in total. The molecule has 0 unspecified atom stereocenters. The molecule has 2 aliphatic heterocycles. The maximum absolute atomic E-state index is 14.2. The topological polar surface area (TPSA) is 89.0 Å². The average Bonchev–Trinajstić information content (AvgIpc) is 3.56. The maximum Gasteiger partial charge on any atom is 0.320 e. The SMILES string of the molecule is C[C@H](NC(=O)c1c(CN2CCN(C(=O)N3CCC(O)CC3)CC2)c(-c2cccs2)nc2ccccc12)C1CCCCC1. The summed E-state index contributed by atoms with van der Waals surface area (Å²) >= 11 is 1.65. The summed E-state index contributed by atoms with van der Waals surface area (Å²) in [6.07, 6.45) is 7.12. The first-order valence-corrected chi connectivity index (χ1v) is 16.6. The Morgan fingerprint density at radius 1 is 0.952 bits per heavy atom. The average molecular weight is 590 g/mol. The molecule has 3 aliphatic rings. The normalized spacial score (nSPS) is 20.1. The number of benzene rings is 1. The number of aliphatic hydroxyl groups excluding tert-OH is 1. The molecule has 9 heteroatoms. The molecule has 8 nitrogen and oxygen atoms in total. The van der Waals surface area contributed by atoms with Crippen molar-refractivity contribution in [2.45, 2.75) is 70.6 Å². The Kier molecular flexibility index (Phi) is 9.07.